The van der Waals surface area contributed by atoms with Crippen molar-refractivity contribution >= 4 is 23.5 Å². The van der Waals surface area contributed by atoms with Crippen molar-refractivity contribution in [3.05, 3.63) is 66.0 Å². The molecule has 1 fully saturated rings. The van der Waals surface area contributed by atoms with Crippen LogP contribution in [-0.2, 0) is 4.79 Å². The number of amides is 3. The van der Waals surface area contributed by atoms with E-state index in [1.54, 1.807) is 36.8 Å². The predicted molar refractivity (Wildman–Crippen MR) is 124 cm³/mol. The van der Waals surface area contributed by atoms with E-state index in [9.17, 15) is 14.4 Å². The van der Waals surface area contributed by atoms with Gasteiger partial charge in [-0.05, 0) is 25.5 Å². The molecule has 0 saturated carbocycles. The number of imide groups is 1. The second-order valence-electron chi connectivity index (χ2n) is 8.36. The molecule has 0 atom stereocenters. The van der Waals surface area contributed by atoms with E-state index in [2.05, 4.69) is 19.9 Å². The summed E-state index contributed by atoms with van der Waals surface area (Å²) in [6, 6.07) is 8.75. The number of hydrogen-bond acceptors (Lipinski definition) is 7. The zero-order chi connectivity index (χ0) is 23.7. The maximum absolute atomic E-state index is 12.7. The first kappa shape index (κ1) is 21.7. The van der Waals surface area contributed by atoms with Crippen molar-refractivity contribution in [2.45, 2.75) is 19.8 Å². The molecule has 0 bridgehead atoms. The number of carbonyl (C=O) groups excluding carboxylic acids is 3. The van der Waals surface area contributed by atoms with Crippen LogP contribution in [0.4, 0.5) is 5.82 Å². The van der Waals surface area contributed by atoms with E-state index in [0.717, 1.165) is 17.5 Å². The molecule has 5 rings (SSSR count). The van der Waals surface area contributed by atoms with E-state index in [1.165, 1.54) is 4.90 Å². The monoisotopic (exact) mass is 459 g/mol. The average Bonchev–Trinajstić information content (AvgIpc) is 3.41. The Morgan fingerprint density at radius 3 is 2.26 bits per heavy atom. The number of carbonyl (C=O) groups is 3. The molecular weight excluding hydrogens is 434 g/mol. The van der Waals surface area contributed by atoms with Gasteiger partial charge in [0.25, 0.3) is 11.8 Å². The third-order valence-electron chi connectivity index (χ3n) is 6.32. The van der Waals surface area contributed by atoms with E-state index in [1.807, 2.05) is 28.7 Å². The minimum atomic E-state index is -0.281. The van der Waals surface area contributed by atoms with Gasteiger partial charge in [0.05, 0.1) is 11.1 Å². The fourth-order valence-electron chi connectivity index (χ4n) is 4.44. The van der Waals surface area contributed by atoms with Crippen LogP contribution in [0.2, 0.25) is 0 Å². The van der Waals surface area contributed by atoms with Gasteiger partial charge in [-0.25, -0.2) is 15.0 Å². The lowest BCUT2D eigenvalue weighted by molar-refractivity contribution is -0.131. The van der Waals surface area contributed by atoms with Gasteiger partial charge in [0, 0.05) is 57.6 Å². The molecule has 10 heteroatoms. The zero-order valence-corrected chi connectivity index (χ0v) is 18.9. The molecular formula is C24H25N7O3. The third kappa shape index (κ3) is 4.02. The predicted octanol–water partition coefficient (Wildman–Crippen LogP) is 1.70. The molecule has 10 nitrogen and oxygen atoms in total. The van der Waals surface area contributed by atoms with Gasteiger partial charge >= 0.3 is 0 Å². The minimum Gasteiger partial charge on any atom is -0.353 e. The van der Waals surface area contributed by atoms with Crippen molar-refractivity contribution in [2.24, 2.45) is 0 Å². The Bertz CT molecular complexity index is 1210. The smallest absolute Gasteiger partial charge is 0.261 e. The highest BCUT2D eigenvalue weighted by atomic mass is 16.2. The van der Waals surface area contributed by atoms with Crippen LogP contribution in [-0.4, -0.2) is 79.8 Å². The van der Waals surface area contributed by atoms with Crippen LogP contribution in [0.1, 0.15) is 39.4 Å². The summed E-state index contributed by atoms with van der Waals surface area (Å²) in [5.74, 6) is 1.89. The van der Waals surface area contributed by atoms with Gasteiger partial charge in [0.2, 0.25) is 5.91 Å². The zero-order valence-electron chi connectivity index (χ0n) is 18.9. The SMILES string of the molecule is Cc1nccn1-c1cc(N2CCN(C(=O)CCCN3C(=O)c4ccccc4C3=O)CC2)ncn1. The first-order chi connectivity index (χ1) is 16.5. The molecule has 2 aliphatic rings. The van der Waals surface area contributed by atoms with Crippen molar-refractivity contribution in [3.8, 4) is 5.82 Å². The molecule has 0 aliphatic carbocycles. The van der Waals surface area contributed by atoms with Gasteiger partial charge < -0.3 is 9.80 Å². The highest BCUT2D eigenvalue weighted by Crippen LogP contribution is 2.23. The number of nitrogens with zero attached hydrogens (tertiary/aromatic N) is 7. The fraction of sp³-hybridized carbons (Fsp3) is 0.333. The Morgan fingerprint density at radius 1 is 0.941 bits per heavy atom. The van der Waals surface area contributed by atoms with Crippen molar-refractivity contribution in [1.82, 2.24) is 29.3 Å². The fourth-order valence-corrected chi connectivity index (χ4v) is 4.44. The van der Waals surface area contributed by atoms with Gasteiger partial charge in [-0.2, -0.15) is 0 Å². The number of aromatic nitrogens is 4. The van der Waals surface area contributed by atoms with Crippen LogP contribution >= 0.6 is 0 Å². The second-order valence-corrected chi connectivity index (χ2v) is 8.36. The summed E-state index contributed by atoms with van der Waals surface area (Å²) in [4.78, 5) is 55.8. The highest BCUT2D eigenvalue weighted by Gasteiger charge is 2.34. The third-order valence-corrected chi connectivity index (χ3v) is 6.32. The molecule has 3 amide bonds. The van der Waals surface area contributed by atoms with Crippen LogP contribution in [0.5, 0.6) is 0 Å². The number of fused-ring (bicyclic) bond motifs is 1. The quantitative estimate of drug-likeness (QED) is 0.517. The van der Waals surface area contributed by atoms with Crippen LogP contribution in [0.15, 0.2) is 49.1 Å². The van der Waals surface area contributed by atoms with Crippen LogP contribution in [0.25, 0.3) is 5.82 Å². The molecule has 174 valence electrons. The number of piperazine rings is 1. The van der Waals surface area contributed by atoms with Crippen LogP contribution < -0.4 is 4.90 Å². The Hall–Kier alpha value is -4.08. The van der Waals surface area contributed by atoms with Crippen LogP contribution in [0.3, 0.4) is 0 Å². The molecule has 3 aromatic rings. The molecule has 0 N–H and O–H groups in total. The number of anilines is 1. The number of rotatable bonds is 6. The molecule has 0 unspecified atom stereocenters. The first-order valence-electron chi connectivity index (χ1n) is 11.3. The van der Waals surface area contributed by atoms with Gasteiger partial charge in [0.1, 0.15) is 23.8 Å². The number of imidazole rings is 1. The van der Waals surface area contributed by atoms with Crippen molar-refractivity contribution < 1.29 is 14.4 Å². The van der Waals surface area contributed by atoms with E-state index in [0.29, 0.717) is 50.1 Å². The largest absolute Gasteiger partial charge is 0.353 e. The second kappa shape index (κ2) is 9.05. The summed E-state index contributed by atoms with van der Waals surface area (Å²) in [6.45, 7) is 4.69. The molecule has 0 radical (unpaired) electrons. The summed E-state index contributed by atoms with van der Waals surface area (Å²) in [7, 11) is 0. The van der Waals surface area contributed by atoms with Crippen molar-refractivity contribution in [3.63, 3.8) is 0 Å². The van der Waals surface area contributed by atoms with Gasteiger partial charge in [0.15, 0.2) is 0 Å². The molecule has 1 saturated heterocycles. The standard InChI is InChI=1S/C24H25N7O3/c1-17-25-8-10-30(17)21-15-20(26-16-27-21)28-11-13-29(14-12-28)22(32)7-4-9-31-23(33)18-5-2-3-6-19(18)24(31)34/h2-3,5-6,8,10,15-16H,4,7,9,11-14H2,1H3. The molecule has 34 heavy (non-hydrogen) atoms. The Morgan fingerprint density at radius 2 is 1.62 bits per heavy atom. The molecule has 4 heterocycles. The van der Waals surface area contributed by atoms with E-state index >= 15 is 0 Å². The number of aryl methyl sites for hydroxylation is 1. The lowest BCUT2D eigenvalue weighted by atomic mass is 10.1. The summed E-state index contributed by atoms with van der Waals surface area (Å²) in [5.41, 5.74) is 0.872. The maximum atomic E-state index is 12.7. The van der Waals surface area contributed by atoms with E-state index < -0.39 is 0 Å². The first-order valence-corrected chi connectivity index (χ1v) is 11.3. The topological polar surface area (TPSA) is 105 Å². The van der Waals surface area contributed by atoms with E-state index in [-0.39, 0.29) is 24.3 Å². The molecule has 1 aromatic carbocycles. The van der Waals surface area contributed by atoms with E-state index in [4.69, 9.17) is 0 Å². The lowest BCUT2D eigenvalue weighted by Gasteiger charge is -2.35. The summed E-state index contributed by atoms with van der Waals surface area (Å²) in [5, 5.41) is 0. The summed E-state index contributed by atoms with van der Waals surface area (Å²) < 4.78 is 1.90. The Balaban J connectivity index is 1.12. The number of hydrogen-bond donors (Lipinski definition) is 0. The average molecular weight is 460 g/mol. The molecule has 2 aliphatic heterocycles. The Labute approximate surface area is 196 Å². The minimum absolute atomic E-state index is 0.0358. The van der Waals surface area contributed by atoms with Gasteiger partial charge in [-0.3, -0.25) is 23.9 Å². The highest BCUT2D eigenvalue weighted by molar-refractivity contribution is 6.21. The summed E-state index contributed by atoms with van der Waals surface area (Å²) >= 11 is 0. The van der Waals surface area contributed by atoms with Crippen molar-refractivity contribution in [2.75, 3.05) is 37.6 Å². The van der Waals surface area contributed by atoms with Crippen LogP contribution in [0, 0.1) is 6.92 Å². The van der Waals surface area contributed by atoms with Crippen molar-refractivity contribution in [1.29, 1.82) is 0 Å². The van der Waals surface area contributed by atoms with Gasteiger partial charge in [-0.15, -0.1) is 0 Å². The molecule has 2 aromatic heterocycles. The number of benzene rings is 1. The van der Waals surface area contributed by atoms with Gasteiger partial charge in [-0.1, -0.05) is 12.1 Å². The lowest BCUT2D eigenvalue weighted by Crippen LogP contribution is -2.49. The Kier molecular flexibility index (Phi) is 5.79. The summed E-state index contributed by atoms with van der Waals surface area (Å²) in [6.07, 6.45) is 5.88. The molecule has 0 spiro atoms. The maximum Gasteiger partial charge on any atom is 0.261 e. The normalized spacial score (nSPS) is 15.7.